The third kappa shape index (κ3) is 4.86. The molecule has 1 unspecified atom stereocenters. The molecule has 2 aromatic carbocycles. The Morgan fingerprint density at radius 2 is 1.81 bits per heavy atom. The summed E-state index contributed by atoms with van der Waals surface area (Å²) in [5.41, 5.74) is 1.18. The van der Waals surface area contributed by atoms with E-state index in [0.29, 0.717) is 23.7 Å². The highest BCUT2D eigenvalue weighted by Gasteiger charge is 2.50. The summed E-state index contributed by atoms with van der Waals surface area (Å²) in [4.78, 5) is 41.4. The van der Waals surface area contributed by atoms with Crippen molar-refractivity contribution in [1.29, 1.82) is 0 Å². The minimum atomic E-state index is -1.37. The summed E-state index contributed by atoms with van der Waals surface area (Å²) in [6.07, 6.45) is 0.760. The molecule has 0 spiro atoms. The number of aryl methyl sites for hydroxylation is 1. The Morgan fingerprint density at radius 1 is 1.13 bits per heavy atom. The predicted molar refractivity (Wildman–Crippen MR) is 121 cm³/mol. The SMILES string of the molecule is CCCN(Cc1ccc(C)cc1)C(=O)CN1C(=O)NC(C)(c2ccc(Cl)cc2Cl)C1=O. The van der Waals surface area contributed by atoms with Gasteiger partial charge in [-0.25, -0.2) is 4.79 Å². The van der Waals surface area contributed by atoms with E-state index in [4.69, 9.17) is 23.2 Å². The summed E-state index contributed by atoms with van der Waals surface area (Å²) in [6, 6.07) is 12.0. The van der Waals surface area contributed by atoms with Crippen LogP contribution in [0.2, 0.25) is 10.0 Å². The van der Waals surface area contributed by atoms with Gasteiger partial charge in [-0.2, -0.15) is 0 Å². The van der Waals surface area contributed by atoms with Crippen LogP contribution in [0.1, 0.15) is 37.0 Å². The Balaban J connectivity index is 1.78. The highest BCUT2D eigenvalue weighted by atomic mass is 35.5. The van der Waals surface area contributed by atoms with Crippen molar-refractivity contribution >= 4 is 41.0 Å². The first-order chi connectivity index (χ1) is 14.7. The number of halogens is 2. The molecule has 1 fully saturated rings. The van der Waals surface area contributed by atoms with Gasteiger partial charge in [-0.3, -0.25) is 14.5 Å². The van der Waals surface area contributed by atoms with Crippen LogP contribution in [0.3, 0.4) is 0 Å². The van der Waals surface area contributed by atoms with E-state index in [0.717, 1.165) is 22.4 Å². The maximum atomic E-state index is 13.2. The van der Waals surface area contributed by atoms with Gasteiger partial charge < -0.3 is 10.2 Å². The zero-order valence-electron chi connectivity index (χ0n) is 17.7. The molecule has 2 aromatic rings. The van der Waals surface area contributed by atoms with Gasteiger partial charge in [0.15, 0.2) is 0 Å². The quantitative estimate of drug-likeness (QED) is 0.616. The minimum absolute atomic E-state index is 0.267. The number of carbonyl (C=O) groups excluding carboxylic acids is 3. The van der Waals surface area contributed by atoms with Crippen molar-refractivity contribution in [3.05, 3.63) is 69.2 Å². The van der Waals surface area contributed by atoms with Gasteiger partial charge in [-0.1, -0.05) is 66.0 Å². The molecule has 6 nitrogen and oxygen atoms in total. The fourth-order valence-electron chi connectivity index (χ4n) is 3.63. The highest BCUT2D eigenvalue weighted by molar-refractivity contribution is 6.35. The minimum Gasteiger partial charge on any atom is -0.337 e. The van der Waals surface area contributed by atoms with Crippen molar-refractivity contribution in [1.82, 2.24) is 15.1 Å². The lowest BCUT2D eigenvalue weighted by molar-refractivity contribution is -0.139. The van der Waals surface area contributed by atoms with Crippen LogP contribution >= 0.6 is 23.2 Å². The molecule has 1 heterocycles. The van der Waals surface area contributed by atoms with Gasteiger partial charge in [0.2, 0.25) is 5.91 Å². The molecule has 0 saturated carbocycles. The van der Waals surface area contributed by atoms with Crippen LogP contribution in [0.5, 0.6) is 0 Å². The van der Waals surface area contributed by atoms with Crippen molar-refractivity contribution in [2.24, 2.45) is 0 Å². The van der Waals surface area contributed by atoms with Gasteiger partial charge in [0.25, 0.3) is 5.91 Å². The largest absolute Gasteiger partial charge is 0.337 e. The number of benzene rings is 2. The molecular weight excluding hydrogens is 437 g/mol. The summed E-state index contributed by atoms with van der Waals surface area (Å²) in [6.45, 7) is 6.15. The van der Waals surface area contributed by atoms with Crippen molar-refractivity contribution in [3.63, 3.8) is 0 Å². The van der Waals surface area contributed by atoms with Gasteiger partial charge in [-0.15, -0.1) is 0 Å². The number of urea groups is 1. The molecule has 0 aromatic heterocycles. The molecule has 31 heavy (non-hydrogen) atoms. The standard InChI is InChI=1S/C23H25Cl2N3O3/c1-4-11-27(13-16-7-5-15(2)6-8-16)20(29)14-28-21(30)23(3,26-22(28)31)18-10-9-17(24)12-19(18)25/h5-10,12H,4,11,13-14H2,1-3H3,(H,26,31). The van der Waals surface area contributed by atoms with E-state index in [-0.39, 0.29) is 17.5 Å². The zero-order chi connectivity index (χ0) is 22.8. The van der Waals surface area contributed by atoms with Crippen LogP contribution in [0.25, 0.3) is 0 Å². The Morgan fingerprint density at radius 3 is 2.42 bits per heavy atom. The summed E-state index contributed by atoms with van der Waals surface area (Å²) >= 11 is 12.2. The fourth-order valence-corrected chi connectivity index (χ4v) is 4.23. The van der Waals surface area contributed by atoms with E-state index in [9.17, 15) is 14.4 Å². The second-order valence-corrected chi connectivity index (χ2v) is 8.72. The average Bonchev–Trinajstić information content (AvgIpc) is 2.92. The zero-order valence-corrected chi connectivity index (χ0v) is 19.3. The normalized spacial score (nSPS) is 18.3. The molecule has 1 aliphatic heterocycles. The number of nitrogens with one attached hydrogen (secondary N) is 1. The molecule has 1 atom stereocenters. The summed E-state index contributed by atoms with van der Waals surface area (Å²) in [5.74, 6) is -0.820. The van der Waals surface area contributed by atoms with Crippen LogP contribution in [0, 0.1) is 6.92 Å². The summed E-state index contributed by atoms with van der Waals surface area (Å²) in [5, 5.41) is 3.37. The van der Waals surface area contributed by atoms with Gasteiger partial charge in [-0.05, 0) is 38.0 Å². The number of rotatable bonds is 7. The Bertz CT molecular complexity index is 1010. The van der Waals surface area contributed by atoms with Gasteiger partial charge in [0, 0.05) is 28.7 Å². The number of hydrogen-bond donors (Lipinski definition) is 1. The maximum Gasteiger partial charge on any atom is 0.325 e. The first-order valence-electron chi connectivity index (χ1n) is 10.1. The predicted octanol–water partition coefficient (Wildman–Crippen LogP) is 4.51. The molecule has 8 heteroatoms. The first kappa shape index (κ1) is 23.1. The molecular formula is C23H25Cl2N3O3. The second-order valence-electron chi connectivity index (χ2n) is 7.87. The monoisotopic (exact) mass is 461 g/mol. The highest BCUT2D eigenvalue weighted by Crippen LogP contribution is 2.35. The first-order valence-corrected chi connectivity index (χ1v) is 10.8. The number of hydrogen-bond acceptors (Lipinski definition) is 3. The molecule has 1 saturated heterocycles. The molecule has 164 valence electrons. The maximum absolute atomic E-state index is 13.2. The molecule has 0 radical (unpaired) electrons. The van der Waals surface area contributed by atoms with Crippen LogP contribution < -0.4 is 5.32 Å². The lowest BCUT2D eigenvalue weighted by Gasteiger charge is -2.26. The lowest BCUT2D eigenvalue weighted by atomic mass is 9.92. The Labute approximate surface area is 192 Å². The molecule has 4 amide bonds. The average molecular weight is 462 g/mol. The van der Waals surface area contributed by atoms with E-state index >= 15 is 0 Å². The molecule has 1 N–H and O–H groups in total. The number of carbonyl (C=O) groups is 3. The number of imide groups is 1. The topological polar surface area (TPSA) is 69.7 Å². The number of nitrogens with zero attached hydrogens (tertiary/aromatic N) is 2. The van der Waals surface area contributed by atoms with Crippen LogP contribution in [-0.4, -0.2) is 40.7 Å². The van der Waals surface area contributed by atoms with Crippen LogP contribution in [0.4, 0.5) is 4.79 Å². The van der Waals surface area contributed by atoms with E-state index < -0.39 is 17.5 Å². The molecule has 0 bridgehead atoms. The smallest absolute Gasteiger partial charge is 0.325 e. The van der Waals surface area contributed by atoms with Crippen molar-refractivity contribution in [2.45, 2.75) is 39.3 Å². The van der Waals surface area contributed by atoms with E-state index in [1.54, 1.807) is 24.0 Å². The molecule has 3 rings (SSSR count). The molecule has 0 aliphatic carbocycles. The summed E-state index contributed by atoms with van der Waals surface area (Å²) in [7, 11) is 0. The van der Waals surface area contributed by atoms with Crippen molar-refractivity contribution in [3.8, 4) is 0 Å². The van der Waals surface area contributed by atoms with Crippen molar-refractivity contribution < 1.29 is 14.4 Å². The van der Waals surface area contributed by atoms with Crippen LogP contribution in [-0.2, 0) is 21.7 Å². The van der Waals surface area contributed by atoms with Crippen LogP contribution in [0.15, 0.2) is 42.5 Å². The summed E-state index contributed by atoms with van der Waals surface area (Å²) < 4.78 is 0. The Hall–Kier alpha value is -2.57. The Kier molecular flexibility index (Phi) is 6.92. The lowest BCUT2D eigenvalue weighted by Crippen LogP contribution is -2.44. The van der Waals surface area contributed by atoms with Gasteiger partial charge in [0.1, 0.15) is 12.1 Å². The van der Waals surface area contributed by atoms with Gasteiger partial charge >= 0.3 is 6.03 Å². The van der Waals surface area contributed by atoms with Crippen molar-refractivity contribution in [2.75, 3.05) is 13.1 Å². The van der Waals surface area contributed by atoms with E-state index in [2.05, 4.69) is 5.32 Å². The molecule has 1 aliphatic rings. The third-order valence-corrected chi connectivity index (χ3v) is 5.93. The van der Waals surface area contributed by atoms with E-state index in [1.807, 2.05) is 38.1 Å². The second kappa shape index (κ2) is 9.28. The number of amides is 4. The fraction of sp³-hybridized carbons (Fsp3) is 0.348. The third-order valence-electron chi connectivity index (χ3n) is 5.38. The van der Waals surface area contributed by atoms with Gasteiger partial charge in [0.05, 0.1) is 0 Å². The van der Waals surface area contributed by atoms with E-state index in [1.165, 1.54) is 6.07 Å².